The van der Waals surface area contributed by atoms with Gasteiger partial charge in [0.05, 0.1) is 12.1 Å². The van der Waals surface area contributed by atoms with Crippen molar-refractivity contribution in [3.05, 3.63) is 41.0 Å². The molecule has 0 aliphatic carbocycles. The van der Waals surface area contributed by atoms with Crippen LogP contribution in [0.3, 0.4) is 0 Å². The van der Waals surface area contributed by atoms with Crippen molar-refractivity contribution in [3.8, 4) is 5.75 Å². The van der Waals surface area contributed by atoms with Crippen molar-refractivity contribution < 1.29 is 9.53 Å². The number of piperidine rings is 1. The molecule has 1 fully saturated rings. The number of anilines is 2. The standard InChI is InChI=1S/C17H19ClN4O2/c1-24-15-7-5-12(11-13(15)18)19-16-8-6-14(20-21-16)17(23)22-9-3-2-4-10-22/h5-8,11H,2-4,9-10H2,1H3,(H,19,21). The summed E-state index contributed by atoms with van der Waals surface area (Å²) < 4.78 is 5.12. The van der Waals surface area contributed by atoms with E-state index in [1.807, 2.05) is 11.0 Å². The summed E-state index contributed by atoms with van der Waals surface area (Å²) in [5, 5.41) is 11.7. The number of aromatic nitrogens is 2. The molecule has 2 heterocycles. The Balaban J connectivity index is 1.68. The molecule has 1 N–H and O–H groups in total. The van der Waals surface area contributed by atoms with Gasteiger partial charge in [-0.1, -0.05) is 11.6 Å². The third-order valence-electron chi connectivity index (χ3n) is 3.95. The van der Waals surface area contributed by atoms with E-state index in [4.69, 9.17) is 16.3 Å². The van der Waals surface area contributed by atoms with Crippen LogP contribution in [-0.4, -0.2) is 41.2 Å². The summed E-state index contributed by atoms with van der Waals surface area (Å²) in [5.41, 5.74) is 1.14. The molecule has 0 bridgehead atoms. The lowest BCUT2D eigenvalue weighted by atomic mass is 10.1. The fraction of sp³-hybridized carbons (Fsp3) is 0.353. The summed E-state index contributed by atoms with van der Waals surface area (Å²) in [6.07, 6.45) is 3.29. The normalized spacial score (nSPS) is 14.3. The van der Waals surface area contributed by atoms with Crippen LogP contribution in [0.1, 0.15) is 29.8 Å². The molecule has 24 heavy (non-hydrogen) atoms. The van der Waals surface area contributed by atoms with Crippen LogP contribution in [0.5, 0.6) is 5.75 Å². The van der Waals surface area contributed by atoms with Gasteiger partial charge in [-0.2, -0.15) is 0 Å². The number of ether oxygens (including phenoxy) is 1. The van der Waals surface area contributed by atoms with Gasteiger partial charge in [-0.25, -0.2) is 0 Å². The van der Waals surface area contributed by atoms with E-state index in [-0.39, 0.29) is 5.91 Å². The molecule has 0 saturated carbocycles. The Morgan fingerprint density at radius 2 is 1.96 bits per heavy atom. The van der Waals surface area contributed by atoms with E-state index in [9.17, 15) is 4.79 Å². The number of benzene rings is 1. The molecule has 0 atom stereocenters. The van der Waals surface area contributed by atoms with Crippen molar-refractivity contribution in [1.82, 2.24) is 15.1 Å². The highest BCUT2D eigenvalue weighted by Gasteiger charge is 2.19. The summed E-state index contributed by atoms with van der Waals surface area (Å²) in [5.74, 6) is 1.10. The number of nitrogens with one attached hydrogen (secondary N) is 1. The van der Waals surface area contributed by atoms with Crippen molar-refractivity contribution in [2.24, 2.45) is 0 Å². The lowest BCUT2D eigenvalue weighted by Gasteiger charge is -2.26. The first-order valence-corrected chi connectivity index (χ1v) is 8.29. The molecule has 126 valence electrons. The highest BCUT2D eigenvalue weighted by Crippen LogP contribution is 2.28. The van der Waals surface area contributed by atoms with Crippen LogP contribution in [0.2, 0.25) is 5.02 Å². The van der Waals surface area contributed by atoms with Gasteiger partial charge >= 0.3 is 0 Å². The van der Waals surface area contributed by atoms with Gasteiger partial charge in [0.2, 0.25) is 0 Å². The Bertz CT molecular complexity index is 715. The first-order valence-electron chi connectivity index (χ1n) is 7.91. The van der Waals surface area contributed by atoms with Gasteiger partial charge in [0, 0.05) is 18.8 Å². The largest absolute Gasteiger partial charge is 0.495 e. The number of likely N-dealkylation sites (tertiary alicyclic amines) is 1. The maximum Gasteiger partial charge on any atom is 0.274 e. The molecule has 1 amide bonds. The van der Waals surface area contributed by atoms with Crippen LogP contribution in [0.4, 0.5) is 11.5 Å². The van der Waals surface area contributed by atoms with Gasteiger partial charge < -0.3 is 15.0 Å². The predicted molar refractivity (Wildman–Crippen MR) is 93.1 cm³/mol. The van der Waals surface area contributed by atoms with Crippen molar-refractivity contribution in [1.29, 1.82) is 0 Å². The number of halogens is 1. The molecule has 1 saturated heterocycles. The van der Waals surface area contributed by atoms with Crippen molar-refractivity contribution in [3.63, 3.8) is 0 Å². The van der Waals surface area contributed by atoms with Gasteiger partial charge in [0.25, 0.3) is 5.91 Å². The fourth-order valence-corrected chi connectivity index (χ4v) is 2.92. The Kier molecular flexibility index (Phi) is 5.15. The Labute approximate surface area is 145 Å². The first-order chi connectivity index (χ1) is 11.7. The van der Waals surface area contributed by atoms with Gasteiger partial charge in [-0.15, -0.1) is 10.2 Å². The summed E-state index contributed by atoms with van der Waals surface area (Å²) in [4.78, 5) is 14.2. The fourth-order valence-electron chi connectivity index (χ4n) is 2.66. The van der Waals surface area contributed by atoms with E-state index < -0.39 is 0 Å². The van der Waals surface area contributed by atoms with Crippen molar-refractivity contribution in [2.45, 2.75) is 19.3 Å². The van der Waals surface area contributed by atoms with Gasteiger partial charge in [0.15, 0.2) is 11.5 Å². The SMILES string of the molecule is COc1ccc(Nc2ccc(C(=O)N3CCCCC3)nn2)cc1Cl. The highest BCUT2D eigenvalue weighted by molar-refractivity contribution is 6.32. The van der Waals surface area contributed by atoms with Crippen LogP contribution in [0, 0.1) is 0 Å². The van der Waals surface area contributed by atoms with Crippen molar-refractivity contribution in [2.75, 3.05) is 25.5 Å². The summed E-state index contributed by atoms with van der Waals surface area (Å²) in [7, 11) is 1.57. The highest BCUT2D eigenvalue weighted by atomic mass is 35.5. The number of amides is 1. The minimum Gasteiger partial charge on any atom is -0.495 e. The smallest absolute Gasteiger partial charge is 0.274 e. The van der Waals surface area contributed by atoms with Gasteiger partial charge in [-0.05, 0) is 49.6 Å². The molecular formula is C17H19ClN4O2. The molecule has 1 aliphatic heterocycles. The lowest BCUT2D eigenvalue weighted by molar-refractivity contribution is 0.0717. The van der Waals surface area contributed by atoms with Crippen LogP contribution >= 0.6 is 11.6 Å². The topological polar surface area (TPSA) is 67.3 Å². The molecule has 0 unspecified atom stereocenters. The molecular weight excluding hydrogens is 328 g/mol. The van der Waals surface area contributed by atoms with Crippen molar-refractivity contribution >= 4 is 29.0 Å². The van der Waals surface area contributed by atoms with E-state index in [0.717, 1.165) is 31.6 Å². The zero-order valence-corrected chi connectivity index (χ0v) is 14.2. The van der Waals surface area contributed by atoms with E-state index in [1.165, 1.54) is 6.42 Å². The molecule has 1 aromatic carbocycles. The summed E-state index contributed by atoms with van der Waals surface area (Å²) >= 11 is 6.10. The molecule has 1 aliphatic rings. The molecule has 0 radical (unpaired) electrons. The third-order valence-corrected chi connectivity index (χ3v) is 4.25. The second kappa shape index (κ2) is 7.49. The number of hydrogen-bond donors (Lipinski definition) is 1. The van der Waals surface area contributed by atoms with Crippen LogP contribution in [0.15, 0.2) is 30.3 Å². The predicted octanol–water partition coefficient (Wildman–Crippen LogP) is 3.51. The minimum atomic E-state index is -0.0544. The second-order valence-electron chi connectivity index (χ2n) is 5.63. The zero-order valence-electron chi connectivity index (χ0n) is 13.5. The molecule has 2 aromatic rings. The lowest BCUT2D eigenvalue weighted by Crippen LogP contribution is -2.36. The number of carbonyl (C=O) groups is 1. The number of rotatable bonds is 4. The Morgan fingerprint density at radius 1 is 1.17 bits per heavy atom. The average Bonchev–Trinajstić information content (AvgIpc) is 2.63. The molecule has 1 aromatic heterocycles. The molecule has 3 rings (SSSR count). The van der Waals surface area contributed by atoms with Crippen LogP contribution in [0.25, 0.3) is 0 Å². The average molecular weight is 347 g/mol. The maximum atomic E-state index is 12.4. The number of methoxy groups -OCH3 is 1. The van der Waals surface area contributed by atoms with E-state index >= 15 is 0 Å². The number of carbonyl (C=O) groups excluding carboxylic acids is 1. The zero-order chi connectivity index (χ0) is 16.9. The minimum absolute atomic E-state index is 0.0544. The third kappa shape index (κ3) is 3.76. The Morgan fingerprint density at radius 3 is 2.58 bits per heavy atom. The first kappa shape index (κ1) is 16.5. The Hall–Kier alpha value is -2.34. The quantitative estimate of drug-likeness (QED) is 0.917. The summed E-state index contributed by atoms with van der Waals surface area (Å²) in [6, 6.07) is 8.78. The monoisotopic (exact) mass is 346 g/mol. The van der Waals surface area contributed by atoms with Crippen LogP contribution in [-0.2, 0) is 0 Å². The summed E-state index contributed by atoms with van der Waals surface area (Å²) in [6.45, 7) is 1.59. The van der Waals surface area contributed by atoms with E-state index in [0.29, 0.717) is 22.3 Å². The van der Waals surface area contributed by atoms with E-state index in [2.05, 4.69) is 15.5 Å². The van der Waals surface area contributed by atoms with Gasteiger partial charge in [-0.3, -0.25) is 4.79 Å². The van der Waals surface area contributed by atoms with Gasteiger partial charge in [0.1, 0.15) is 5.75 Å². The number of hydrogen-bond acceptors (Lipinski definition) is 5. The molecule has 0 spiro atoms. The van der Waals surface area contributed by atoms with E-state index in [1.54, 1.807) is 31.4 Å². The number of nitrogens with zero attached hydrogens (tertiary/aromatic N) is 3. The molecule has 7 heteroatoms. The second-order valence-corrected chi connectivity index (χ2v) is 6.04. The molecule has 6 nitrogen and oxygen atoms in total. The van der Waals surface area contributed by atoms with Crippen LogP contribution < -0.4 is 10.1 Å². The maximum absolute atomic E-state index is 12.4.